The standard InChI is InChI=1S/C15H24N4O2/c1-12(2)11-19(8-7-18(3)4)15-16-9-13(10-17-15)5-6-14(20)21/h5-6,9-10,12H,7-8,11H2,1-4H3,(H,20,21)/b6-5+. The molecule has 0 unspecified atom stereocenters. The number of likely N-dealkylation sites (N-methyl/N-ethyl adjacent to an activating group) is 1. The van der Waals surface area contributed by atoms with Crippen LogP contribution >= 0.6 is 0 Å². The van der Waals surface area contributed by atoms with Crippen LogP contribution in [0.4, 0.5) is 5.95 Å². The minimum atomic E-state index is -0.980. The molecule has 1 rings (SSSR count). The van der Waals surface area contributed by atoms with E-state index in [0.29, 0.717) is 17.4 Å². The lowest BCUT2D eigenvalue weighted by Crippen LogP contribution is -2.35. The SMILES string of the molecule is CC(C)CN(CCN(C)C)c1ncc(/C=C/C(=O)O)cn1. The quantitative estimate of drug-likeness (QED) is 0.734. The second-order valence-corrected chi connectivity index (χ2v) is 5.63. The molecule has 0 aliphatic carbocycles. The first-order valence-electron chi connectivity index (χ1n) is 7.01. The summed E-state index contributed by atoms with van der Waals surface area (Å²) in [5.41, 5.74) is 0.679. The van der Waals surface area contributed by atoms with Gasteiger partial charge < -0.3 is 14.9 Å². The molecule has 21 heavy (non-hydrogen) atoms. The number of carbonyl (C=O) groups is 1. The first kappa shape index (κ1) is 17.1. The molecule has 0 aromatic carbocycles. The summed E-state index contributed by atoms with van der Waals surface area (Å²) in [6.07, 6.45) is 5.85. The molecule has 0 fully saturated rings. The molecule has 0 atom stereocenters. The first-order chi connectivity index (χ1) is 9.88. The van der Waals surface area contributed by atoms with Gasteiger partial charge in [0.2, 0.25) is 5.95 Å². The molecule has 6 heteroatoms. The molecule has 0 bridgehead atoms. The Balaban J connectivity index is 2.79. The van der Waals surface area contributed by atoms with Crippen LogP contribution in [-0.2, 0) is 4.79 Å². The van der Waals surface area contributed by atoms with E-state index in [4.69, 9.17) is 5.11 Å². The normalized spacial score (nSPS) is 11.5. The molecule has 0 saturated carbocycles. The number of carboxylic acid groups (broad SMARTS) is 1. The molecular weight excluding hydrogens is 268 g/mol. The fourth-order valence-corrected chi connectivity index (χ4v) is 1.78. The molecule has 0 radical (unpaired) electrons. The van der Waals surface area contributed by atoms with Crippen molar-refractivity contribution in [2.45, 2.75) is 13.8 Å². The average Bonchev–Trinajstić information content (AvgIpc) is 2.41. The maximum atomic E-state index is 10.5. The highest BCUT2D eigenvalue weighted by Gasteiger charge is 2.11. The van der Waals surface area contributed by atoms with Crippen molar-refractivity contribution in [3.8, 4) is 0 Å². The summed E-state index contributed by atoms with van der Waals surface area (Å²) < 4.78 is 0. The zero-order valence-electron chi connectivity index (χ0n) is 13.2. The lowest BCUT2D eigenvalue weighted by Gasteiger charge is -2.25. The van der Waals surface area contributed by atoms with Crippen molar-refractivity contribution in [1.82, 2.24) is 14.9 Å². The maximum absolute atomic E-state index is 10.5. The van der Waals surface area contributed by atoms with Gasteiger partial charge in [-0.3, -0.25) is 0 Å². The highest BCUT2D eigenvalue weighted by Crippen LogP contribution is 2.10. The summed E-state index contributed by atoms with van der Waals surface area (Å²) in [4.78, 5) is 23.4. The summed E-state index contributed by atoms with van der Waals surface area (Å²) in [6.45, 7) is 6.99. The zero-order chi connectivity index (χ0) is 15.8. The Hall–Kier alpha value is -1.95. The van der Waals surface area contributed by atoms with E-state index in [1.165, 1.54) is 6.08 Å². The zero-order valence-corrected chi connectivity index (χ0v) is 13.2. The number of carboxylic acids is 1. The summed E-state index contributed by atoms with van der Waals surface area (Å²) in [5, 5.41) is 8.60. The highest BCUT2D eigenvalue weighted by molar-refractivity contribution is 5.85. The first-order valence-corrected chi connectivity index (χ1v) is 7.01. The largest absolute Gasteiger partial charge is 0.478 e. The number of hydrogen-bond donors (Lipinski definition) is 1. The van der Waals surface area contributed by atoms with Crippen LogP contribution in [0.25, 0.3) is 6.08 Å². The summed E-state index contributed by atoms with van der Waals surface area (Å²) in [6, 6.07) is 0. The summed E-state index contributed by atoms with van der Waals surface area (Å²) >= 11 is 0. The molecule has 116 valence electrons. The topological polar surface area (TPSA) is 69.6 Å². The fourth-order valence-electron chi connectivity index (χ4n) is 1.78. The average molecular weight is 292 g/mol. The van der Waals surface area contributed by atoms with Crippen molar-refractivity contribution in [2.75, 3.05) is 38.6 Å². The Labute approximate surface area is 126 Å². The van der Waals surface area contributed by atoms with Gasteiger partial charge in [0.15, 0.2) is 0 Å². The number of aromatic nitrogens is 2. The lowest BCUT2D eigenvalue weighted by molar-refractivity contribution is -0.131. The van der Waals surface area contributed by atoms with Gasteiger partial charge in [-0.1, -0.05) is 13.8 Å². The van der Waals surface area contributed by atoms with Crippen LogP contribution in [0.3, 0.4) is 0 Å². The molecule has 1 heterocycles. The van der Waals surface area contributed by atoms with Crippen molar-refractivity contribution < 1.29 is 9.90 Å². The van der Waals surface area contributed by atoms with E-state index in [9.17, 15) is 4.79 Å². The molecule has 0 aliphatic heterocycles. The van der Waals surface area contributed by atoms with Crippen LogP contribution < -0.4 is 4.90 Å². The van der Waals surface area contributed by atoms with Gasteiger partial charge in [-0.25, -0.2) is 14.8 Å². The van der Waals surface area contributed by atoms with Crippen molar-refractivity contribution in [3.05, 3.63) is 24.0 Å². The van der Waals surface area contributed by atoms with Gasteiger partial charge in [0.05, 0.1) is 0 Å². The lowest BCUT2D eigenvalue weighted by atomic mass is 10.2. The van der Waals surface area contributed by atoms with Gasteiger partial charge in [-0.05, 0) is 26.1 Å². The van der Waals surface area contributed by atoms with Gasteiger partial charge in [-0.2, -0.15) is 0 Å². The van der Waals surface area contributed by atoms with Gasteiger partial charge in [0.25, 0.3) is 0 Å². The Morgan fingerprint density at radius 1 is 1.29 bits per heavy atom. The summed E-state index contributed by atoms with van der Waals surface area (Å²) in [7, 11) is 4.07. The van der Waals surface area contributed by atoms with Gasteiger partial charge in [0, 0.05) is 43.7 Å². The van der Waals surface area contributed by atoms with E-state index in [1.807, 2.05) is 14.1 Å². The Bertz CT molecular complexity index is 469. The van der Waals surface area contributed by atoms with Crippen molar-refractivity contribution in [2.24, 2.45) is 5.92 Å². The van der Waals surface area contributed by atoms with Crippen LogP contribution in [0.1, 0.15) is 19.4 Å². The second kappa shape index (κ2) is 8.36. The third kappa shape index (κ3) is 6.85. The number of hydrogen-bond acceptors (Lipinski definition) is 5. The Morgan fingerprint density at radius 2 is 1.90 bits per heavy atom. The van der Waals surface area contributed by atoms with Crippen LogP contribution in [0.2, 0.25) is 0 Å². The van der Waals surface area contributed by atoms with Gasteiger partial charge >= 0.3 is 5.97 Å². The minimum Gasteiger partial charge on any atom is -0.478 e. The van der Waals surface area contributed by atoms with Crippen molar-refractivity contribution in [1.29, 1.82) is 0 Å². The van der Waals surface area contributed by atoms with Gasteiger partial charge in [-0.15, -0.1) is 0 Å². The third-order valence-electron chi connectivity index (χ3n) is 2.76. The van der Waals surface area contributed by atoms with E-state index in [1.54, 1.807) is 12.4 Å². The van der Waals surface area contributed by atoms with Crippen molar-refractivity contribution >= 4 is 18.0 Å². The number of nitrogens with zero attached hydrogens (tertiary/aromatic N) is 4. The monoisotopic (exact) mass is 292 g/mol. The molecular formula is C15H24N4O2. The van der Waals surface area contributed by atoms with E-state index >= 15 is 0 Å². The van der Waals surface area contributed by atoms with Crippen LogP contribution in [0.5, 0.6) is 0 Å². The molecule has 1 aromatic rings. The molecule has 0 aliphatic rings. The highest BCUT2D eigenvalue weighted by atomic mass is 16.4. The molecule has 6 nitrogen and oxygen atoms in total. The molecule has 0 spiro atoms. The number of aliphatic carboxylic acids is 1. The molecule has 1 aromatic heterocycles. The Morgan fingerprint density at radius 3 is 2.38 bits per heavy atom. The summed E-state index contributed by atoms with van der Waals surface area (Å²) in [5.74, 6) is 0.215. The molecule has 0 amide bonds. The molecule has 1 N–H and O–H groups in total. The van der Waals surface area contributed by atoms with Gasteiger partial charge in [0.1, 0.15) is 0 Å². The van der Waals surface area contributed by atoms with E-state index in [-0.39, 0.29) is 0 Å². The predicted molar refractivity (Wildman–Crippen MR) is 84.3 cm³/mol. The predicted octanol–water partition coefficient (Wildman–Crippen LogP) is 1.60. The smallest absolute Gasteiger partial charge is 0.328 e. The third-order valence-corrected chi connectivity index (χ3v) is 2.76. The minimum absolute atomic E-state index is 0.516. The number of rotatable bonds is 8. The van der Waals surface area contributed by atoms with Crippen LogP contribution in [0, 0.1) is 5.92 Å². The number of anilines is 1. The maximum Gasteiger partial charge on any atom is 0.328 e. The second-order valence-electron chi connectivity index (χ2n) is 5.63. The van der Waals surface area contributed by atoms with E-state index in [0.717, 1.165) is 25.7 Å². The fraction of sp³-hybridized carbons (Fsp3) is 0.533. The molecule has 0 saturated heterocycles. The van der Waals surface area contributed by atoms with Crippen molar-refractivity contribution in [3.63, 3.8) is 0 Å². The van der Waals surface area contributed by atoms with Crippen LogP contribution in [-0.4, -0.2) is 59.7 Å². The Kier molecular flexibility index (Phi) is 6.81. The van der Waals surface area contributed by atoms with E-state index < -0.39 is 5.97 Å². The van der Waals surface area contributed by atoms with Crippen LogP contribution in [0.15, 0.2) is 18.5 Å². The van der Waals surface area contributed by atoms with E-state index in [2.05, 4.69) is 33.6 Å².